The average Bonchev–Trinajstić information content (AvgIpc) is 3.12. The van der Waals surface area contributed by atoms with Crippen LogP contribution in [0.4, 0.5) is 10.1 Å². The van der Waals surface area contributed by atoms with Gasteiger partial charge in [0.1, 0.15) is 0 Å². The number of halogens is 3. The highest BCUT2D eigenvalue weighted by Gasteiger charge is 2.22. The van der Waals surface area contributed by atoms with Crippen molar-refractivity contribution in [2.75, 3.05) is 11.1 Å². The number of nitrogens with zero attached hydrogens (tertiary/aromatic N) is 3. The summed E-state index contributed by atoms with van der Waals surface area (Å²) in [5.41, 5.74) is 0.484. The first-order valence-corrected chi connectivity index (χ1v) is 11.7. The van der Waals surface area contributed by atoms with Gasteiger partial charge in [0, 0.05) is 11.6 Å². The monoisotopic (exact) mass is 496 g/mol. The maximum absolute atomic E-state index is 14.0. The fraction of sp³-hybridized carbons (Fsp3) is 0.318. The van der Waals surface area contributed by atoms with Gasteiger partial charge < -0.3 is 14.6 Å². The van der Waals surface area contributed by atoms with E-state index in [0.717, 1.165) is 0 Å². The average molecular weight is 497 g/mol. The van der Waals surface area contributed by atoms with Crippen molar-refractivity contribution in [2.45, 2.75) is 38.6 Å². The summed E-state index contributed by atoms with van der Waals surface area (Å²) in [7, 11) is 0. The predicted molar refractivity (Wildman–Crippen MR) is 126 cm³/mol. The van der Waals surface area contributed by atoms with Gasteiger partial charge in [-0.2, -0.15) is 0 Å². The number of carbonyl (C=O) groups is 1. The van der Waals surface area contributed by atoms with Crippen LogP contribution in [0, 0.1) is 11.7 Å². The number of hydrogen-bond donors (Lipinski definition) is 1. The van der Waals surface area contributed by atoms with E-state index < -0.39 is 11.9 Å². The lowest BCUT2D eigenvalue weighted by Gasteiger charge is -2.18. The second-order valence-electron chi connectivity index (χ2n) is 7.50. The molecule has 1 unspecified atom stereocenters. The topological polar surface area (TPSA) is 69.0 Å². The zero-order valence-corrected chi connectivity index (χ0v) is 20.1. The number of hydrogen-bond acceptors (Lipinski definition) is 5. The molecule has 0 bridgehead atoms. The summed E-state index contributed by atoms with van der Waals surface area (Å²) in [6.07, 6.45) is -0.533. The van der Waals surface area contributed by atoms with Gasteiger partial charge in [0.05, 0.1) is 16.5 Å². The van der Waals surface area contributed by atoms with Crippen LogP contribution in [0.2, 0.25) is 10.0 Å². The van der Waals surface area contributed by atoms with Gasteiger partial charge in [-0.15, -0.1) is 10.2 Å². The molecule has 0 aliphatic heterocycles. The molecule has 0 fully saturated rings. The second kappa shape index (κ2) is 11.0. The van der Waals surface area contributed by atoms with Crippen LogP contribution >= 0.6 is 35.0 Å². The molecule has 0 aliphatic carbocycles. The minimum absolute atomic E-state index is 0.109. The van der Waals surface area contributed by atoms with E-state index >= 15 is 0 Å². The van der Waals surface area contributed by atoms with Crippen LogP contribution in [0.3, 0.4) is 0 Å². The van der Waals surface area contributed by atoms with Crippen molar-refractivity contribution in [2.24, 2.45) is 5.92 Å². The van der Waals surface area contributed by atoms with E-state index in [1.807, 2.05) is 4.57 Å². The highest BCUT2D eigenvalue weighted by molar-refractivity contribution is 7.99. The third kappa shape index (κ3) is 6.37. The minimum atomic E-state index is -0.533. The summed E-state index contributed by atoms with van der Waals surface area (Å²) in [6.45, 7) is 6.54. The molecule has 1 amide bonds. The highest BCUT2D eigenvalue weighted by Crippen LogP contribution is 2.28. The van der Waals surface area contributed by atoms with Gasteiger partial charge in [-0.05, 0) is 43.2 Å². The van der Waals surface area contributed by atoms with E-state index in [4.69, 9.17) is 27.9 Å². The minimum Gasteiger partial charge on any atom is -0.480 e. The fourth-order valence-corrected chi connectivity index (χ4v) is 4.15. The largest absolute Gasteiger partial charge is 0.480 e. The van der Waals surface area contributed by atoms with Crippen molar-refractivity contribution in [1.29, 1.82) is 0 Å². The van der Waals surface area contributed by atoms with Crippen LogP contribution in [-0.2, 0) is 11.3 Å². The molecule has 0 spiro atoms. The summed E-state index contributed by atoms with van der Waals surface area (Å²) >= 11 is 13.3. The molecule has 0 saturated carbocycles. The summed E-state index contributed by atoms with van der Waals surface area (Å²) in [5.74, 6) is 0.430. The first-order valence-electron chi connectivity index (χ1n) is 9.96. The molecule has 3 rings (SSSR count). The number of ether oxygens (including phenoxy) is 1. The van der Waals surface area contributed by atoms with E-state index in [1.165, 1.54) is 17.8 Å². The predicted octanol–water partition coefficient (Wildman–Crippen LogP) is 6.25. The summed E-state index contributed by atoms with van der Waals surface area (Å²) in [4.78, 5) is 12.4. The Morgan fingerprint density at radius 2 is 1.94 bits per heavy atom. The number of benzene rings is 2. The lowest BCUT2D eigenvalue weighted by molar-refractivity contribution is -0.113. The second-order valence-corrected chi connectivity index (χ2v) is 9.28. The van der Waals surface area contributed by atoms with E-state index in [2.05, 4.69) is 29.4 Å². The molecule has 1 N–H and O–H groups in total. The molecule has 170 valence electrons. The number of thioether (sulfide) groups is 1. The van der Waals surface area contributed by atoms with E-state index in [9.17, 15) is 9.18 Å². The van der Waals surface area contributed by atoms with E-state index in [0.29, 0.717) is 39.2 Å². The lowest BCUT2D eigenvalue weighted by atomic mass is 10.2. The van der Waals surface area contributed by atoms with Gasteiger partial charge in [0.15, 0.2) is 28.7 Å². The fourth-order valence-electron chi connectivity index (χ4n) is 2.93. The van der Waals surface area contributed by atoms with Crippen LogP contribution in [-0.4, -0.2) is 26.4 Å². The molecule has 3 aromatic rings. The highest BCUT2D eigenvalue weighted by atomic mass is 35.5. The maximum Gasteiger partial charge on any atom is 0.234 e. The first-order chi connectivity index (χ1) is 15.2. The molecule has 6 nitrogen and oxygen atoms in total. The summed E-state index contributed by atoms with van der Waals surface area (Å²) < 4.78 is 21.7. The molecule has 0 aliphatic rings. The molecule has 1 heterocycles. The van der Waals surface area contributed by atoms with Gasteiger partial charge in [0.25, 0.3) is 0 Å². The maximum atomic E-state index is 14.0. The molecule has 1 aromatic heterocycles. The van der Waals surface area contributed by atoms with Gasteiger partial charge in [-0.1, -0.05) is 60.9 Å². The quantitative estimate of drug-likeness (QED) is 0.354. The number of para-hydroxylation sites is 1. The van der Waals surface area contributed by atoms with E-state index in [1.54, 1.807) is 43.3 Å². The first kappa shape index (κ1) is 24.4. The smallest absolute Gasteiger partial charge is 0.234 e. The Morgan fingerprint density at radius 3 is 2.62 bits per heavy atom. The van der Waals surface area contributed by atoms with Gasteiger partial charge in [0.2, 0.25) is 5.91 Å². The molecule has 0 radical (unpaired) electrons. The van der Waals surface area contributed by atoms with Gasteiger partial charge >= 0.3 is 0 Å². The van der Waals surface area contributed by atoms with Crippen LogP contribution < -0.4 is 10.1 Å². The number of anilines is 1. The Hall–Kier alpha value is -2.29. The Kier molecular flexibility index (Phi) is 8.39. The van der Waals surface area contributed by atoms with Crippen LogP contribution in [0.15, 0.2) is 47.6 Å². The standard InChI is InChI=1S/C22H23Cl2FN4O2S/c1-13(2)11-29-21(14(3)31-19-7-5-4-6-17(19)25)27-28-22(29)32-12-20(30)26-18-9-8-15(23)10-16(18)24/h4-10,13-14H,11-12H2,1-3H3,(H,26,30). The molecule has 32 heavy (non-hydrogen) atoms. The van der Waals surface area contributed by atoms with Crippen molar-refractivity contribution in [1.82, 2.24) is 14.8 Å². The van der Waals surface area contributed by atoms with Crippen molar-refractivity contribution < 1.29 is 13.9 Å². The Balaban J connectivity index is 1.71. The molecule has 1 atom stereocenters. The molecular weight excluding hydrogens is 474 g/mol. The third-order valence-corrected chi connectivity index (χ3v) is 5.85. The number of aromatic nitrogens is 3. The molecular formula is C22H23Cl2FN4O2S. The molecule has 10 heteroatoms. The van der Waals surface area contributed by atoms with Crippen molar-refractivity contribution in [3.63, 3.8) is 0 Å². The van der Waals surface area contributed by atoms with Crippen molar-refractivity contribution in [3.8, 4) is 5.75 Å². The molecule has 2 aromatic carbocycles. The lowest BCUT2D eigenvalue weighted by Crippen LogP contribution is -2.17. The third-order valence-electron chi connectivity index (χ3n) is 4.33. The SMILES string of the molecule is CC(C)Cn1c(SCC(=O)Nc2ccc(Cl)cc2Cl)nnc1C(C)Oc1ccccc1F. The van der Waals surface area contributed by atoms with Crippen LogP contribution in [0.5, 0.6) is 5.75 Å². The Bertz CT molecular complexity index is 1090. The summed E-state index contributed by atoms with van der Waals surface area (Å²) in [6, 6.07) is 11.1. The van der Waals surface area contributed by atoms with Crippen molar-refractivity contribution in [3.05, 3.63) is 64.2 Å². The van der Waals surface area contributed by atoms with Gasteiger partial charge in [-0.25, -0.2) is 4.39 Å². The normalized spacial score (nSPS) is 12.1. The zero-order valence-electron chi connectivity index (χ0n) is 17.8. The Labute approximate surface area is 200 Å². The summed E-state index contributed by atoms with van der Waals surface area (Å²) in [5, 5.41) is 12.7. The number of rotatable bonds is 9. The number of nitrogens with one attached hydrogen (secondary N) is 1. The van der Waals surface area contributed by atoms with Gasteiger partial charge in [-0.3, -0.25) is 4.79 Å². The van der Waals surface area contributed by atoms with Crippen LogP contribution in [0.1, 0.15) is 32.7 Å². The van der Waals surface area contributed by atoms with Crippen LogP contribution in [0.25, 0.3) is 0 Å². The molecule has 0 saturated heterocycles. The Morgan fingerprint density at radius 1 is 1.19 bits per heavy atom. The number of carbonyl (C=O) groups excluding carboxylic acids is 1. The van der Waals surface area contributed by atoms with E-state index in [-0.39, 0.29) is 17.4 Å². The zero-order chi connectivity index (χ0) is 23.3. The van der Waals surface area contributed by atoms with Crippen molar-refractivity contribution >= 4 is 46.6 Å². The number of amides is 1.